The highest BCUT2D eigenvalue weighted by Crippen LogP contribution is 2.26. The van der Waals surface area contributed by atoms with E-state index in [1.807, 2.05) is 60.7 Å². The van der Waals surface area contributed by atoms with Crippen molar-refractivity contribution in [2.45, 2.75) is 0 Å². The minimum atomic E-state index is -0.651. The van der Waals surface area contributed by atoms with Crippen LogP contribution in [0.3, 0.4) is 0 Å². The van der Waals surface area contributed by atoms with Gasteiger partial charge in [0.2, 0.25) is 17.3 Å². The lowest BCUT2D eigenvalue weighted by Crippen LogP contribution is -2.26. The maximum Gasteiger partial charge on any atom is 0.331 e. The van der Waals surface area contributed by atoms with Gasteiger partial charge < -0.3 is 18.9 Å². The van der Waals surface area contributed by atoms with Gasteiger partial charge in [0.15, 0.2) is 13.2 Å². The number of ether oxygens (including phenoxy) is 4. The normalized spacial score (nSPS) is 12.1. The zero-order valence-corrected chi connectivity index (χ0v) is 23.4. The van der Waals surface area contributed by atoms with Crippen molar-refractivity contribution in [3.63, 3.8) is 0 Å². The number of carbonyl (C=O) groups excluding carboxylic acids is 4. The summed E-state index contributed by atoms with van der Waals surface area (Å²) in [7, 11) is 0. The molecule has 1 heterocycles. The standard InChI is InChI=1S/C35H25NO8/c37-29(19-17-26-12-3-1-4-13-26)41-22-7-9-24-43-34-32(39)28-16-11-21-36-31(28)33(40)35(34)44-25-10-8-23-42-30(38)20-18-27-14-5-2-6-15-27/h1-6,11-21H,22-25H2. The molecular weight excluding hydrogens is 562 g/mol. The fraction of sp³-hybridized carbons (Fsp3) is 0.114. The number of benzene rings is 2. The molecule has 0 fully saturated rings. The molecule has 9 nitrogen and oxygen atoms in total. The highest BCUT2D eigenvalue weighted by atomic mass is 16.5. The zero-order valence-electron chi connectivity index (χ0n) is 23.4. The molecule has 0 unspecified atom stereocenters. The summed E-state index contributed by atoms with van der Waals surface area (Å²) >= 11 is 0. The Labute approximate surface area is 253 Å². The fourth-order valence-electron chi connectivity index (χ4n) is 3.66. The Balaban J connectivity index is 1.30. The summed E-state index contributed by atoms with van der Waals surface area (Å²) in [6, 6.07) is 21.5. The van der Waals surface area contributed by atoms with Crippen LogP contribution in [0, 0.1) is 23.7 Å². The second-order valence-corrected chi connectivity index (χ2v) is 8.70. The molecule has 1 aromatic heterocycles. The van der Waals surface area contributed by atoms with Gasteiger partial charge >= 0.3 is 11.9 Å². The maximum absolute atomic E-state index is 13.1. The third-order valence-electron chi connectivity index (χ3n) is 5.71. The Hall–Kier alpha value is -6.19. The predicted molar refractivity (Wildman–Crippen MR) is 160 cm³/mol. The van der Waals surface area contributed by atoms with Gasteiger partial charge in [-0.3, -0.25) is 14.6 Å². The highest BCUT2D eigenvalue weighted by molar-refractivity contribution is 6.24. The first-order valence-electron chi connectivity index (χ1n) is 13.3. The van der Waals surface area contributed by atoms with Crippen LogP contribution in [0.2, 0.25) is 0 Å². The smallest absolute Gasteiger partial charge is 0.331 e. The molecule has 1 aliphatic carbocycles. The average Bonchev–Trinajstić information content (AvgIpc) is 3.06. The highest BCUT2D eigenvalue weighted by Gasteiger charge is 2.36. The largest absolute Gasteiger partial charge is 0.473 e. The number of hydrogen-bond acceptors (Lipinski definition) is 9. The first-order chi connectivity index (χ1) is 21.5. The molecule has 1 aliphatic rings. The number of fused-ring (bicyclic) bond motifs is 1. The molecule has 0 amide bonds. The molecule has 0 saturated carbocycles. The van der Waals surface area contributed by atoms with Gasteiger partial charge in [-0.15, -0.1) is 0 Å². The summed E-state index contributed by atoms with van der Waals surface area (Å²) in [5, 5.41) is 0. The van der Waals surface area contributed by atoms with E-state index in [-0.39, 0.29) is 49.2 Å². The van der Waals surface area contributed by atoms with Crippen molar-refractivity contribution in [3.05, 3.63) is 125 Å². The van der Waals surface area contributed by atoms with E-state index in [0.717, 1.165) is 11.1 Å². The maximum atomic E-state index is 13.1. The Kier molecular flexibility index (Phi) is 11.4. The molecule has 3 aromatic rings. The van der Waals surface area contributed by atoms with Crippen molar-refractivity contribution in [1.82, 2.24) is 4.98 Å². The van der Waals surface area contributed by atoms with Crippen molar-refractivity contribution in [2.24, 2.45) is 0 Å². The van der Waals surface area contributed by atoms with E-state index in [2.05, 4.69) is 28.7 Å². The number of Topliss-reactive ketones (excluding diaryl/α,β-unsaturated/α-hetero) is 2. The second kappa shape index (κ2) is 16.3. The van der Waals surface area contributed by atoms with Gasteiger partial charge in [0, 0.05) is 18.3 Å². The fourth-order valence-corrected chi connectivity index (χ4v) is 3.66. The number of allylic oxidation sites excluding steroid dienone is 2. The van der Waals surface area contributed by atoms with E-state index in [0.29, 0.717) is 0 Å². The number of esters is 2. The van der Waals surface area contributed by atoms with Crippen LogP contribution in [-0.4, -0.2) is 54.9 Å². The SMILES string of the molecule is O=C(C=Cc1ccccc1)OCC#CCOC1=C(OCC#CCOC(=O)C=Cc2ccccc2)C(=O)c2ncccc2C1=O. The van der Waals surface area contributed by atoms with Crippen LogP contribution in [0.1, 0.15) is 32.0 Å². The molecule has 0 N–H and O–H groups in total. The lowest BCUT2D eigenvalue weighted by Gasteiger charge is -2.19. The lowest BCUT2D eigenvalue weighted by atomic mass is 9.97. The van der Waals surface area contributed by atoms with E-state index in [1.54, 1.807) is 12.2 Å². The Morgan fingerprint density at radius 3 is 1.61 bits per heavy atom. The summed E-state index contributed by atoms with van der Waals surface area (Å²) < 4.78 is 21.1. The number of aromatic nitrogens is 1. The van der Waals surface area contributed by atoms with Crippen LogP contribution in [0.4, 0.5) is 0 Å². The lowest BCUT2D eigenvalue weighted by molar-refractivity contribution is -0.137. The van der Waals surface area contributed by atoms with Crippen LogP contribution < -0.4 is 0 Å². The number of rotatable bonds is 10. The number of carbonyl (C=O) groups is 4. The second-order valence-electron chi connectivity index (χ2n) is 8.70. The zero-order chi connectivity index (χ0) is 31.0. The van der Waals surface area contributed by atoms with Gasteiger partial charge in [-0.25, -0.2) is 9.59 Å². The summed E-state index contributed by atoms with van der Waals surface area (Å²) in [6.07, 6.45) is 7.19. The van der Waals surface area contributed by atoms with Gasteiger partial charge in [0.1, 0.15) is 18.9 Å². The van der Waals surface area contributed by atoms with Crippen LogP contribution in [0.15, 0.2) is 103 Å². The van der Waals surface area contributed by atoms with Crippen LogP contribution >= 0.6 is 0 Å². The summed E-state index contributed by atoms with van der Waals surface area (Å²) in [5.74, 6) is 7.39. The number of pyridine rings is 1. The van der Waals surface area contributed by atoms with Crippen molar-refractivity contribution in [1.29, 1.82) is 0 Å². The number of ketones is 2. The molecule has 0 radical (unpaired) electrons. The number of nitrogens with zero attached hydrogens (tertiary/aromatic N) is 1. The minimum absolute atomic E-state index is 0.0634. The average molecular weight is 588 g/mol. The van der Waals surface area contributed by atoms with Gasteiger partial charge in [-0.2, -0.15) is 0 Å². The first kappa shape index (κ1) is 30.8. The monoisotopic (exact) mass is 587 g/mol. The Bertz CT molecular complexity index is 1600. The molecule has 218 valence electrons. The number of hydrogen-bond donors (Lipinski definition) is 0. The summed E-state index contributed by atoms with van der Waals surface area (Å²) in [6.45, 7) is -0.986. The molecule has 4 rings (SSSR count). The van der Waals surface area contributed by atoms with Gasteiger partial charge in [0.05, 0.1) is 5.56 Å². The molecule has 9 heteroatoms. The first-order valence-corrected chi connectivity index (χ1v) is 13.3. The van der Waals surface area contributed by atoms with E-state index in [1.165, 1.54) is 30.5 Å². The van der Waals surface area contributed by atoms with Gasteiger partial charge in [-0.1, -0.05) is 84.3 Å². The van der Waals surface area contributed by atoms with Crippen LogP contribution in [-0.2, 0) is 28.5 Å². The van der Waals surface area contributed by atoms with E-state index < -0.39 is 23.5 Å². The van der Waals surface area contributed by atoms with Crippen LogP contribution in [0.25, 0.3) is 12.2 Å². The van der Waals surface area contributed by atoms with Crippen molar-refractivity contribution >= 4 is 35.7 Å². The molecular formula is C35H25NO8. The third-order valence-corrected chi connectivity index (χ3v) is 5.71. The van der Waals surface area contributed by atoms with Crippen LogP contribution in [0.5, 0.6) is 0 Å². The van der Waals surface area contributed by atoms with Crippen molar-refractivity contribution < 1.29 is 38.1 Å². The van der Waals surface area contributed by atoms with E-state index in [9.17, 15) is 19.2 Å². The van der Waals surface area contributed by atoms with E-state index in [4.69, 9.17) is 18.9 Å². The third kappa shape index (κ3) is 9.16. The summed E-state index contributed by atoms with van der Waals surface area (Å²) in [4.78, 5) is 53.8. The molecule has 0 bridgehead atoms. The van der Waals surface area contributed by atoms with Gasteiger partial charge in [-0.05, 0) is 35.4 Å². The summed E-state index contributed by atoms with van der Waals surface area (Å²) in [5.41, 5.74) is 1.68. The topological polar surface area (TPSA) is 118 Å². The minimum Gasteiger partial charge on any atom is -0.473 e. The van der Waals surface area contributed by atoms with Gasteiger partial charge in [0.25, 0.3) is 5.78 Å². The van der Waals surface area contributed by atoms with Crippen molar-refractivity contribution in [2.75, 3.05) is 26.4 Å². The quantitative estimate of drug-likeness (QED) is 0.195. The molecule has 2 aromatic carbocycles. The molecule has 44 heavy (non-hydrogen) atoms. The molecule has 0 saturated heterocycles. The Morgan fingerprint density at radius 2 is 1.09 bits per heavy atom. The predicted octanol–water partition coefficient (Wildman–Crippen LogP) is 4.23. The molecule has 0 aliphatic heterocycles. The molecule has 0 spiro atoms. The molecule has 0 atom stereocenters. The van der Waals surface area contributed by atoms with E-state index >= 15 is 0 Å². The van der Waals surface area contributed by atoms with Crippen molar-refractivity contribution in [3.8, 4) is 23.7 Å². The Morgan fingerprint density at radius 1 is 0.614 bits per heavy atom.